The number of nitrogens with one attached hydrogen (secondary N) is 2. The van der Waals surface area contributed by atoms with Gasteiger partial charge in [-0.3, -0.25) is 0 Å². The lowest BCUT2D eigenvalue weighted by Crippen LogP contribution is -2.27. The third-order valence-corrected chi connectivity index (χ3v) is 4.93. The molecule has 0 saturated carbocycles. The Bertz CT molecular complexity index is 1110. The minimum absolute atomic E-state index is 0.332. The van der Waals surface area contributed by atoms with E-state index in [2.05, 4.69) is 37.6 Å². The molecule has 1 saturated heterocycles. The lowest BCUT2D eigenvalue weighted by molar-refractivity contribution is 0.448. The summed E-state index contributed by atoms with van der Waals surface area (Å²) in [5.41, 5.74) is 3.92. The normalized spacial score (nSPS) is 15.6. The van der Waals surface area contributed by atoms with E-state index >= 15 is 0 Å². The number of H-pyrrole nitrogens is 1. The molecule has 0 amide bonds. The Hall–Kier alpha value is -2.98. The molecular weight excluding hydrogens is 331 g/mol. The fourth-order valence-corrected chi connectivity index (χ4v) is 3.60. The molecule has 130 valence electrons. The van der Waals surface area contributed by atoms with Crippen LogP contribution in [0.15, 0.2) is 18.2 Å². The van der Waals surface area contributed by atoms with Gasteiger partial charge in [0.2, 0.25) is 0 Å². The lowest BCUT2D eigenvalue weighted by atomic mass is 9.98. The van der Waals surface area contributed by atoms with E-state index in [4.69, 9.17) is 0 Å². The molecule has 5 rings (SSSR count). The minimum Gasteiger partial charge on any atom is -0.342 e. The number of aromatic nitrogens is 5. The zero-order valence-electron chi connectivity index (χ0n) is 14.3. The van der Waals surface area contributed by atoms with Crippen molar-refractivity contribution in [2.75, 3.05) is 13.1 Å². The number of fused-ring (bicyclic) bond motifs is 2. The van der Waals surface area contributed by atoms with Crippen molar-refractivity contribution in [2.24, 2.45) is 7.05 Å². The maximum Gasteiger partial charge on any atom is 0.163 e. The zero-order valence-corrected chi connectivity index (χ0v) is 14.3. The largest absolute Gasteiger partial charge is 0.342 e. The van der Waals surface area contributed by atoms with Gasteiger partial charge in [-0.25, -0.2) is 9.37 Å². The number of nitrogens with zero attached hydrogens (tertiary/aromatic N) is 4. The van der Waals surface area contributed by atoms with Crippen LogP contribution in [-0.2, 0) is 7.05 Å². The van der Waals surface area contributed by atoms with Crippen LogP contribution in [0, 0.1) is 17.9 Å². The number of hydrogen-bond acceptors (Lipinski definition) is 4. The second-order valence-corrected chi connectivity index (χ2v) is 6.73. The van der Waals surface area contributed by atoms with E-state index in [9.17, 15) is 4.39 Å². The van der Waals surface area contributed by atoms with Crippen LogP contribution in [-0.4, -0.2) is 38.1 Å². The van der Waals surface area contributed by atoms with E-state index in [1.165, 1.54) is 10.9 Å². The summed E-state index contributed by atoms with van der Waals surface area (Å²) in [7, 11) is 1.76. The number of halogens is 1. The summed E-state index contributed by atoms with van der Waals surface area (Å²) < 4.78 is 14.7. The smallest absolute Gasteiger partial charge is 0.163 e. The van der Waals surface area contributed by atoms with Crippen molar-refractivity contribution in [3.8, 4) is 11.1 Å². The third-order valence-electron chi connectivity index (χ3n) is 4.93. The molecule has 0 radical (unpaired) electrons. The molecule has 0 unspecified atom stereocenters. The number of aryl methyl sites for hydroxylation is 1. The van der Waals surface area contributed by atoms with E-state index in [-0.39, 0.29) is 5.82 Å². The number of rotatable bonds is 2. The van der Waals surface area contributed by atoms with Crippen LogP contribution in [0.5, 0.6) is 0 Å². The number of piperidine rings is 1. The van der Waals surface area contributed by atoms with Crippen molar-refractivity contribution >= 4 is 22.1 Å². The molecule has 0 atom stereocenters. The second-order valence-electron chi connectivity index (χ2n) is 6.73. The summed E-state index contributed by atoms with van der Waals surface area (Å²) in [6.45, 7) is 1.94. The van der Waals surface area contributed by atoms with Gasteiger partial charge in [0.05, 0.1) is 5.52 Å². The first-order chi connectivity index (χ1) is 12.7. The third kappa shape index (κ3) is 2.50. The molecule has 0 spiro atoms. The summed E-state index contributed by atoms with van der Waals surface area (Å²) in [5.74, 6) is 0.890. The zero-order chi connectivity index (χ0) is 17.7. The molecule has 2 N–H and O–H groups in total. The topological polar surface area (TPSA) is 71.4 Å². The van der Waals surface area contributed by atoms with E-state index in [0.717, 1.165) is 42.9 Å². The van der Waals surface area contributed by atoms with Gasteiger partial charge in [0.1, 0.15) is 16.9 Å². The highest BCUT2D eigenvalue weighted by molar-refractivity contribution is 5.85. The van der Waals surface area contributed by atoms with Crippen LogP contribution in [0.25, 0.3) is 33.2 Å². The molecule has 0 aliphatic carbocycles. The molecule has 1 fully saturated rings. The van der Waals surface area contributed by atoms with Crippen LogP contribution >= 0.6 is 0 Å². The summed E-state index contributed by atoms with van der Waals surface area (Å²) >= 11 is 0. The fourth-order valence-electron chi connectivity index (χ4n) is 3.60. The Balaban J connectivity index is 1.58. The minimum atomic E-state index is -0.332. The van der Waals surface area contributed by atoms with Crippen molar-refractivity contribution in [1.82, 2.24) is 30.3 Å². The fraction of sp³-hybridized carbons (Fsp3) is 0.316. The molecule has 6 nitrogen and oxygen atoms in total. The summed E-state index contributed by atoms with van der Waals surface area (Å²) in [4.78, 5) is 9.33. The van der Waals surface area contributed by atoms with Gasteiger partial charge in [-0.2, -0.15) is 9.90 Å². The van der Waals surface area contributed by atoms with Gasteiger partial charge in [0, 0.05) is 18.5 Å². The van der Waals surface area contributed by atoms with Gasteiger partial charge < -0.3 is 10.3 Å². The first-order valence-electron chi connectivity index (χ1n) is 8.72. The molecule has 3 heterocycles. The number of hydrogen-bond donors (Lipinski definition) is 2. The average molecular weight is 348 g/mol. The van der Waals surface area contributed by atoms with Crippen LogP contribution in [0.4, 0.5) is 4.39 Å². The van der Waals surface area contributed by atoms with Crippen molar-refractivity contribution in [3.63, 3.8) is 0 Å². The van der Waals surface area contributed by atoms with Crippen LogP contribution in [0.2, 0.25) is 0 Å². The Morgan fingerprint density at radius 3 is 2.85 bits per heavy atom. The van der Waals surface area contributed by atoms with Gasteiger partial charge in [0.25, 0.3) is 0 Å². The maximum atomic E-state index is 14.7. The number of benzene rings is 1. The van der Waals surface area contributed by atoms with Gasteiger partial charge in [-0.1, -0.05) is 6.07 Å². The highest BCUT2D eigenvalue weighted by Gasteiger charge is 2.20. The summed E-state index contributed by atoms with van der Waals surface area (Å²) in [5, 5.41) is 11.8. The van der Waals surface area contributed by atoms with Gasteiger partial charge in [0.15, 0.2) is 11.3 Å². The van der Waals surface area contributed by atoms with Crippen molar-refractivity contribution in [2.45, 2.75) is 18.8 Å². The Labute approximate surface area is 149 Å². The van der Waals surface area contributed by atoms with E-state index in [1.54, 1.807) is 7.05 Å². The molecule has 2 aromatic heterocycles. The predicted molar refractivity (Wildman–Crippen MR) is 96.1 cm³/mol. The van der Waals surface area contributed by atoms with Crippen LogP contribution in [0.1, 0.15) is 24.6 Å². The number of imidazole rings is 1. The van der Waals surface area contributed by atoms with Gasteiger partial charge in [-0.15, -0.1) is 5.10 Å². The molecule has 7 heteroatoms. The molecular formula is C19H17FN6. The molecule has 0 bridgehead atoms. The van der Waals surface area contributed by atoms with E-state index < -0.39 is 0 Å². The second kappa shape index (κ2) is 5.78. The SMILES string of the molecule is Cn1nc2c#cc(-c3cc(F)c4nc(C5CCNCC5)[nH]c4c3)cc2n1. The summed E-state index contributed by atoms with van der Waals surface area (Å²) in [6.07, 6.45) is 2.03. The molecule has 1 aliphatic rings. The highest BCUT2D eigenvalue weighted by atomic mass is 19.1. The Morgan fingerprint density at radius 1 is 1.15 bits per heavy atom. The average Bonchev–Trinajstić information content (AvgIpc) is 3.24. The van der Waals surface area contributed by atoms with Crippen LogP contribution < -0.4 is 5.32 Å². The molecule has 4 aromatic rings. The van der Waals surface area contributed by atoms with Crippen LogP contribution in [0.3, 0.4) is 0 Å². The molecule has 2 aromatic carbocycles. The monoisotopic (exact) mass is 348 g/mol. The highest BCUT2D eigenvalue weighted by Crippen LogP contribution is 2.29. The van der Waals surface area contributed by atoms with Crippen molar-refractivity contribution in [3.05, 3.63) is 42.0 Å². The lowest BCUT2D eigenvalue weighted by Gasteiger charge is -2.20. The quantitative estimate of drug-likeness (QED) is 0.584. The van der Waals surface area contributed by atoms with Gasteiger partial charge >= 0.3 is 0 Å². The number of aromatic amines is 1. The maximum absolute atomic E-state index is 14.7. The van der Waals surface area contributed by atoms with E-state index in [0.29, 0.717) is 28.0 Å². The van der Waals surface area contributed by atoms with Crippen molar-refractivity contribution in [1.29, 1.82) is 0 Å². The molecule has 26 heavy (non-hydrogen) atoms. The predicted octanol–water partition coefficient (Wildman–Crippen LogP) is 2.72. The standard InChI is InChI=1S/C19H17FN6/c1-26-24-15-3-2-12(9-16(15)25-26)13-8-14(20)18-17(10-13)22-19(23-18)11-4-6-21-7-5-11/h8-11,21H,4-7H2,1H3,(H,22,23). The first-order valence-corrected chi connectivity index (χ1v) is 8.72. The summed E-state index contributed by atoms with van der Waals surface area (Å²) in [6, 6.07) is 11.3. The Morgan fingerprint density at radius 2 is 2.00 bits per heavy atom. The van der Waals surface area contributed by atoms with Gasteiger partial charge in [-0.05, 0) is 55.8 Å². The Kier molecular flexibility index (Phi) is 3.40. The van der Waals surface area contributed by atoms with Crippen molar-refractivity contribution < 1.29 is 4.39 Å². The first kappa shape index (κ1) is 15.3. The molecule has 1 aliphatic heterocycles. The van der Waals surface area contributed by atoms with E-state index in [1.807, 2.05) is 12.1 Å².